The molecule has 19 heavy (non-hydrogen) atoms. The van der Waals surface area contributed by atoms with Crippen LogP contribution in [-0.2, 0) is 13.6 Å². The van der Waals surface area contributed by atoms with Gasteiger partial charge in [-0.3, -0.25) is 9.25 Å². The van der Waals surface area contributed by atoms with Crippen molar-refractivity contribution in [2.45, 2.75) is 20.4 Å². The molecule has 4 nitrogen and oxygen atoms in total. The van der Waals surface area contributed by atoms with Crippen LogP contribution < -0.4 is 0 Å². The third-order valence-corrected chi connectivity index (χ3v) is 3.71. The molecule has 0 fully saturated rings. The van der Waals surface area contributed by atoms with Crippen LogP contribution in [0.15, 0.2) is 24.3 Å². The summed E-state index contributed by atoms with van der Waals surface area (Å²) in [6, 6.07) is 8.52. The number of nitrogens with zero attached hydrogens (tertiary/aromatic N) is 3. The number of hydrogen-bond acceptors (Lipinski definition) is 2. The van der Waals surface area contributed by atoms with E-state index in [0.29, 0.717) is 0 Å². The highest BCUT2D eigenvalue weighted by molar-refractivity contribution is 7.71. The van der Waals surface area contributed by atoms with Crippen molar-refractivity contribution in [1.82, 2.24) is 19.3 Å². The lowest BCUT2D eigenvalue weighted by molar-refractivity contribution is 0.715. The van der Waals surface area contributed by atoms with E-state index < -0.39 is 0 Å². The van der Waals surface area contributed by atoms with E-state index in [2.05, 4.69) is 45.8 Å². The third kappa shape index (κ3) is 2.00. The number of nitrogens with one attached hydrogen (secondary N) is 1. The second kappa shape index (κ2) is 4.35. The summed E-state index contributed by atoms with van der Waals surface area (Å²) >= 11 is 5.42. The van der Waals surface area contributed by atoms with Gasteiger partial charge in [-0.05, 0) is 31.6 Å². The number of benzene rings is 1. The molecule has 0 saturated heterocycles. The van der Waals surface area contributed by atoms with Crippen LogP contribution in [0.4, 0.5) is 0 Å². The number of aryl methyl sites for hydroxylation is 3. The summed E-state index contributed by atoms with van der Waals surface area (Å²) in [5.41, 5.74) is 5.55. The molecule has 3 aromatic rings. The standard InChI is InChI=1S/C14H16N4S/c1-9-4-6-11(7-5-9)8-18-13-12(15-14(18)19)10(2)16-17(13)3/h4-7H,8H2,1-3H3,(H,15,19). The van der Waals surface area contributed by atoms with Crippen LogP contribution in [0.3, 0.4) is 0 Å². The zero-order chi connectivity index (χ0) is 13.6. The molecule has 3 rings (SSSR count). The van der Waals surface area contributed by atoms with E-state index in [1.54, 1.807) is 0 Å². The Morgan fingerprint density at radius 2 is 1.89 bits per heavy atom. The number of aromatic amines is 1. The molecule has 0 aliphatic carbocycles. The van der Waals surface area contributed by atoms with E-state index >= 15 is 0 Å². The molecule has 0 aliphatic heterocycles. The predicted molar refractivity (Wildman–Crippen MR) is 78.9 cm³/mol. The van der Waals surface area contributed by atoms with Crippen LogP contribution in [0.5, 0.6) is 0 Å². The summed E-state index contributed by atoms with van der Waals surface area (Å²) in [6.45, 7) is 4.84. The lowest BCUT2D eigenvalue weighted by Crippen LogP contribution is -2.04. The number of fused-ring (bicyclic) bond motifs is 1. The van der Waals surface area contributed by atoms with Crippen LogP contribution in [-0.4, -0.2) is 19.3 Å². The fourth-order valence-corrected chi connectivity index (χ4v) is 2.65. The Morgan fingerprint density at radius 3 is 2.58 bits per heavy atom. The van der Waals surface area contributed by atoms with Gasteiger partial charge in [0.1, 0.15) is 5.52 Å². The molecule has 0 amide bonds. The zero-order valence-corrected chi connectivity index (χ0v) is 12.1. The molecule has 0 bridgehead atoms. The second-order valence-corrected chi connectivity index (χ2v) is 5.30. The van der Waals surface area contributed by atoms with E-state index in [1.807, 2.05) is 18.7 Å². The first-order valence-electron chi connectivity index (χ1n) is 6.24. The highest BCUT2D eigenvalue weighted by Gasteiger charge is 2.12. The van der Waals surface area contributed by atoms with Crippen molar-refractivity contribution >= 4 is 23.4 Å². The highest BCUT2D eigenvalue weighted by atomic mass is 32.1. The van der Waals surface area contributed by atoms with E-state index in [-0.39, 0.29) is 0 Å². The van der Waals surface area contributed by atoms with Gasteiger partial charge in [0.25, 0.3) is 0 Å². The Kier molecular flexibility index (Phi) is 2.78. The van der Waals surface area contributed by atoms with Gasteiger partial charge in [0.2, 0.25) is 0 Å². The Bertz CT molecular complexity index is 789. The van der Waals surface area contributed by atoms with E-state index in [4.69, 9.17) is 12.2 Å². The molecule has 1 N–H and O–H groups in total. The van der Waals surface area contributed by atoms with Gasteiger partial charge in [-0.1, -0.05) is 29.8 Å². The smallest absolute Gasteiger partial charge is 0.179 e. The minimum Gasteiger partial charge on any atom is -0.328 e. The van der Waals surface area contributed by atoms with Crippen molar-refractivity contribution in [2.75, 3.05) is 0 Å². The van der Waals surface area contributed by atoms with E-state index in [9.17, 15) is 0 Å². The average molecular weight is 272 g/mol. The van der Waals surface area contributed by atoms with Gasteiger partial charge >= 0.3 is 0 Å². The quantitative estimate of drug-likeness (QED) is 0.728. The van der Waals surface area contributed by atoms with Crippen molar-refractivity contribution in [3.63, 3.8) is 0 Å². The van der Waals surface area contributed by atoms with Crippen molar-refractivity contribution in [2.24, 2.45) is 7.05 Å². The summed E-state index contributed by atoms with van der Waals surface area (Å²) in [5, 5.41) is 4.43. The topological polar surface area (TPSA) is 38.5 Å². The molecule has 0 saturated carbocycles. The Hall–Kier alpha value is -1.88. The Labute approximate surface area is 116 Å². The van der Waals surface area contributed by atoms with Crippen LogP contribution in [0, 0.1) is 18.6 Å². The maximum atomic E-state index is 5.42. The summed E-state index contributed by atoms with van der Waals surface area (Å²) in [6.07, 6.45) is 0. The van der Waals surface area contributed by atoms with Crippen LogP contribution in [0.2, 0.25) is 0 Å². The average Bonchev–Trinajstić information content (AvgIpc) is 2.82. The van der Waals surface area contributed by atoms with Crippen molar-refractivity contribution in [1.29, 1.82) is 0 Å². The molecule has 0 spiro atoms. The largest absolute Gasteiger partial charge is 0.328 e. The minimum atomic E-state index is 0.742. The van der Waals surface area contributed by atoms with Gasteiger partial charge in [-0.15, -0.1) is 0 Å². The summed E-state index contributed by atoms with van der Waals surface area (Å²) < 4.78 is 4.72. The number of rotatable bonds is 2. The molecule has 0 radical (unpaired) electrons. The highest BCUT2D eigenvalue weighted by Crippen LogP contribution is 2.18. The molecule has 0 aliphatic rings. The van der Waals surface area contributed by atoms with Gasteiger partial charge in [0, 0.05) is 7.05 Å². The number of aromatic nitrogens is 4. The first-order valence-corrected chi connectivity index (χ1v) is 6.65. The van der Waals surface area contributed by atoms with Crippen LogP contribution in [0.1, 0.15) is 16.8 Å². The number of H-pyrrole nitrogens is 1. The van der Waals surface area contributed by atoms with Gasteiger partial charge < -0.3 is 4.98 Å². The van der Waals surface area contributed by atoms with E-state index in [0.717, 1.165) is 28.2 Å². The third-order valence-electron chi connectivity index (χ3n) is 3.39. The Morgan fingerprint density at radius 1 is 1.21 bits per heavy atom. The fraction of sp³-hybridized carbons (Fsp3) is 0.286. The summed E-state index contributed by atoms with van der Waals surface area (Å²) in [4.78, 5) is 3.24. The van der Waals surface area contributed by atoms with Crippen LogP contribution >= 0.6 is 12.2 Å². The van der Waals surface area contributed by atoms with E-state index in [1.165, 1.54) is 11.1 Å². The monoisotopic (exact) mass is 272 g/mol. The van der Waals surface area contributed by atoms with Crippen molar-refractivity contribution < 1.29 is 0 Å². The molecule has 5 heteroatoms. The van der Waals surface area contributed by atoms with Gasteiger partial charge in [-0.2, -0.15) is 5.10 Å². The fourth-order valence-electron chi connectivity index (χ4n) is 2.40. The first kappa shape index (κ1) is 12.2. The predicted octanol–water partition coefficient (Wildman–Crippen LogP) is 3.10. The van der Waals surface area contributed by atoms with Gasteiger partial charge in [0.05, 0.1) is 12.2 Å². The molecule has 0 atom stereocenters. The maximum Gasteiger partial charge on any atom is 0.179 e. The minimum absolute atomic E-state index is 0.742. The van der Waals surface area contributed by atoms with Crippen LogP contribution in [0.25, 0.3) is 11.2 Å². The summed E-state index contributed by atoms with van der Waals surface area (Å²) in [7, 11) is 1.95. The Balaban J connectivity index is 2.12. The molecule has 1 aromatic carbocycles. The molecular formula is C14H16N4S. The normalized spacial score (nSPS) is 11.3. The lowest BCUT2D eigenvalue weighted by atomic mass is 10.1. The second-order valence-electron chi connectivity index (χ2n) is 4.91. The molecule has 2 heterocycles. The maximum absolute atomic E-state index is 5.42. The van der Waals surface area contributed by atoms with Gasteiger partial charge in [-0.25, -0.2) is 0 Å². The number of hydrogen-bond donors (Lipinski definition) is 1. The molecule has 0 unspecified atom stereocenters. The number of imidazole rings is 1. The van der Waals surface area contributed by atoms with Crippen molar-refractivity contribution in [3.05, 3.63) is 45.9 Å². The van der Waals surface area contributed by atoms with Crippen molar-refractivity contribution in [3.8, 4) is 0 Å². The molecule has 98 valence electrons. The molecule has 2 aromatic heterocycles. The first-order chi connectivity index (χ1) is 9.06. The summed E-state index contributed by atoms with van der Waals surface area (Å²) in [5.74, 6) is 0. The lowest BCUT2D eigenvalue weighted by Gasteiger charge is -2.05. The SMILES string of the molecule is Cc1ccc(Cn2c(=S)[nH]c3c(C)nn(C)c32)cc1. The zero-order valence-electron chi connectivity index (χ0n) is 11.3. The molecular weight excluding hydrogens is 256 g/mol. The van der Waals surface area contributed by atoms with Gasteiger partial charge in [0.15, 0.2) is 10.4 Å².